The van der Waals surface area contributed by atoms with Crippen molar-refractivity contribution in [2.24, 2.45) is 0 Å². The van der Waals surface area contributed by atoms with Crippen molar-refractivity contribution in [2.75, 3.05) is 46.5 Å². The highest BCUT2D eigenvalue weighted by Gasteiger charge is 2.40. The van der Waals surface area contributed by atoms with Crippen molar-refractivity contribution in [1.82, 2.24) is 40.6 Å². The van der Waals surface area contributed by atoms with E-state index >= 15 is 0 Å². The van der Waals surface area contributed by atoms with Crippen molar-refractivity contribution in [3.63, 3.8) is 0 Å². The number of aromatic nitrogens is 2. The van der Waals surface area contributed by atoms with Crippen LogP contribution >= 0.6 is 0 Å². The third-order valence-corrected chi connectivity index (χ3v) is 12.8. The molecule has 8 rings (SSSR count). The topological polar surface area (TPSA) is 178 Å². The third kappa shape index (κ3) is 9.62. The summed E-state index contributed by atoms with van der Waals surface area (Å²) in [7, 11) is 1.28. The number of amides is 6. The molecule has 4 fully saturated rings. The molecule has 1 aromatic heterocycles. The maximum atomic E-state index is 14.1. The summed E-state index contributed by atoms with van der Waals surface area (Å²) in [5.74, 6) is 0.446. The number of methoxy groups -OCH3 is 1. The molecular weight excluding hydrogens is 789 g/mol. The highest BCUT2D eigenvalue weighted by Crippen LogP contribution is 2.36. The van der Waals surface area contributed by atoms with Crippen molar-refractivity contribution in [2.45, 2.75) is 87.5 Å². The molecule has 1 saturated carbocycles. The molecule has 3 saturated heterocycles. The first kappa shape index (κ1) is 42.5. The van der Waals surface area contributed by atoms with Crippen LogP contribution in [-0.2, 0) is 23.9 Å². The fraction of sp³-hybridized carbons (Fsp3) is 0.447. The SMILES string of the molecule is COC(=O)N[C@@H](C(=O)N1CCC[C@H]1c1ncc(-c2ccc(C3CCC(NC(=O)[C@@H]4CCCN4C(=O)[C@H](NC(=O)N4CCOCC4)c4ccccc4)CC3)cc2)[nH]1)c1ccccc1. The highest BCUT2D eigenvalue weighted by molar-refractivity contribution is 5.93. The Morgan fingerprint density at radius 1 is 0.726 bits per heavy atom. The van der Waals surface area contributed by atoms with Crippen LogP contribution in [0.25, 0.3) is 11.3 Å². The van der Waals surface area contributed by atoms with Crippen LogP contribution < -0.4 is 16.0 Å². The van der Waals surface area contributed by atoms with Gasteiger partial charge in [-0.1, -0.05) is 84.9 Å². The number of hydrogen-bond acceptors (Lipinski definition) is 8. The van der Waals surface area contributed by atoms with E-state index < -0.39 is 24.2 Å². The number of carbonyl (C=O) groups excluding carboxylic acids is 5. The van der Waals surface area contributed by atoms with Crippen LogP contribution in [0.4, 0.5) is 9.59 Å². The molecule has 4 atom stereocenters. The second-order valence-corrected chi connectivity index (χ2v) is 16.6. The molecule has 3 aromatic carbocycles. The fourth-order valence-corrected chi connectivity index (χ4v) is 9.43. The van der Waals surface area contributed by atoms with Gasteiger partial charge in [-0.2, -0.15) is 0 Å². The first-order valence-corrected chi connectivity index (χ1v) is 21.9. The summed E-state index contributed by atoms with van der Waals surface area (Å²) in [6.07, 6.45) is 7.53. The van der Waals surface area contributed by atoms with Crippen LogP contribution in [0, 0.1) is 0 Å². The van der Waals surface area contributed by atoms with Crippen LogP contribution in [0.15, 0.2) is 91.1 Å². The number of nitrogens with one attached hydrogen (secondary N) is 4. The molecule has 0 unspecified atom stereocenters. The Balaban J connectivity index is 0.851. The summed E-state index contributed by atoms with van der Waals surface area (Å²) < 4.78 is 10.2. The zero-order valence-electron chi connectivity index (χ0n) is 35.2. The third-order valence-electron chi connectivity index (χ3n) is 12.8. The molecule has 6 amide bonds. The zero-order chi connectivity index (χ0) is 43.0. The van der Waals surface area contributed by atoms with Crippen LogP contribution in [-0.4, -0.2) is 113 Å². The molecule has 4 aliphatic rings. The van der Waals surface area contributed by atoms with Crippen LogP contribution in [0.2, 0.25) is 0 Å². The Hall–Kier alpha value is -6.22. The Morgan fingerprint density at radius 3 is 2.00 bits per heavy atom. The number of carbonyl (C=O) groups is 5. The molecule has 62 heavy (non-hydrogen) atoms. The molecule has 15 nitrogen and oxygen atoms in total. The van der Waals surface area contributed by atoms with Gasteiger partial charge in [0.25, 0.3) is 11.8 Å². The van der Waals surface area contributed by atoms with Gasteiger partial charge in [0.15, 0.2) is 0 Å². The minimum Gasteiger partial charge on any atom is -0.453 e. The van der Waals surface area contributed by atoms with Crippen LogP contribution in [0.1, 0.15) is 97.9 Å². The number of likely N-dealkylation sites (tertiary alicyclic amines) is 2. The fourth-order valence-electron chi connectivity index (χ4n) is 9.43. The van der Waals surface area contributed by atoms with E-state index in [1.165, 1.54) is 12.7 Å². The summed E-state index contributed by atoms with van der Waals surface area (Å²) in [6, 6.07) is 24.0. The van der Waals surface area contributed by atoms with Crippen molar-refractivity contribution >= 4 is 29.8 Å². The lowest BCUT2D eigenvalue weighted by Crippen LogP contribution is -2.54. The first-order chi connectivity index (χ1) is 30.3. The number of imidazole rings is 1. The largest absolute Gasteiger partial charge is 0.453 e. The summed E-state index contributed by atoms with van der Waals surface area (Å²) >= 11 is 0. The van der Waals surface area contributed by atoms with Crippen molar-refractivity contribution in [3.05, 3.63) is 114 Å². The number of H-pyrrole nitrogens is 1. The number of nitrogens with zero attached hydrogens (tertiary/aromatic N) is 4. The van der Waals surface area contributed by atoms with E-state index in [4.69, 9.17) is 14.5 Å². The smallest absolute Gasteiger partial charge is 0.407 e. The predicted octanol–water partition coefficient (Wildman–Crippen LogP) is 5.75. The van der Waals surface area contributed by atoms with E-state index in [0.29, 0.717) is 68.7 Å². The molecular formula is C47H56N8O7. The van der Waals surface area contributed by atoms with Gasteiger partial charge in [-0.15, -0.1) is 0 Å². The minimum absolute atomic E-state index is 0.0196. The number of aromatic amines is 1. The Labute approximate surface area is 361 Å². The van der Waals surface area contributed by atoms with E-state index in [1.807, 2.05) is 66.9 Å². The van der Waals surface area contributed by atoms with E-state index in [9.17, 15) is 24.0 Å². The molecule has 1 aliphatic carbocycles. The molecule has 4 N–H and O–H groups in total. The quantitative estimate of drug-likeness (QED) is 0.147. The van der Waals surface area contributed by atoms with Crippen molar-refractivity contribution < 1.29 is 33.4 Å². The number of ether oxygens (including phenoxy) is 2. The summed E-state index contributed by atoms with van der Waals surface area (Å²) in [4.78, 5) is 80.6. The van der Waals surface area contributed by atoms with Gasteiger partial charge in [-0.05, 0) is 79.5 Å². The van der Waals surface area contributed by atoms with E-state index in [0.717, 1.165) is 56.2 Å². The molecule has 0 bridgehead atoms. The monoisotopic (exact) mass is 844 g/mol. The number of urea groups is 1. The van der Waals surface area contributed by atoms with Gasteiger partial charge in [0, 0.05) is 32.2 Å². The van der Waals surface area contributed by atoms with E-state index in [1.54, 1.807) is 14.7 Å². The van der Waals surface area contributed by atoms with Gasteiger partial charge >= 0.3 is 12.1 Å². The Bertz CT molecular complexity index is 2170. The van der Waals surface area contributed by atoms with E-state index in [2.05, 4.69) is 45.2 Å². The Morgan fingerprint density at radius 2 is 1.34 bits per heavy atom. The minimum atomic E-state index is -0.901. The second kappa shape index (κ2) is 19.7. The van der Waals surface area contributed by atoms with E-state index in [-0.39, 0.29) is 35.8 Å². The highest BCUT2D eigenvalue weighted by atomic mass is 16.5. The molecule has 4 heterocycles. The maximum Gasteiger partial charge on any atom is 0.407 e. The predicted molar refractivity (Wildman–Crippen MR) is 230 cm³/mol. The van der Waals surface area contributed by atoms with Gasteiger partial charge < -0.3 is 45.1 Å². The zero-order valence-corrected chi connectivity index (χ0v) is 35.2. The van der Waals surface area contributed by atoms with Gasteiger partial charge in [0.2, 0.25) is 5.91 Å². The van der Waals surface area contributed by atoms with Gasteiger partial charge in [0.1, 0.15) is 23.9 Å². The second-order valence-electron chi connectivity index (χ2n) is 16.6. The molecule has 0 spiro atoms. The maximum absolute atomic E-state index is 14.1. The summed E-state index contributed by atoms with van der Waals surface area (Å²) in [6.45, 7) is 2.84. The lowest BCUT2D eigenvalue weighted by Gasteiger charge is -2.33. The number of benzene rings is 3. The number of hydrogen-bond donors (Lipinski definition) is 4. The lowest BCUT2D eigenvalue weighted by molar-refractivity contribution is -0.140. The molecule has 15 heteroatoms. The number of rotatable bonds is 11. The molecule has 3 aliphatic heterocycles. The molecule has 326 valence electrons. The van der Waals surface area contributed by atoms with Gasteiger partial charge in [0.05, 0.1) is 38.3 Å². The summed E-state index contributed by atoms with van der Waals surface area (Å²) in [5.41, 5.74) is 4.45. The first-order valence-electron chi connectivity index (χ1n) is 21.9. The average molecular weight is 845 g/mol. The average Bonchev–Trinajstić information content (AvgIpc) is 4.13. The van der Waals surface area contributed by atoms with Crippen molar-refractivity contribution in [3.8, 4) is 11.3 Å². The standard InChI is InChI=1S/C47H56N8O7/c1-61-47(60)52-41(35-12-6-3-7-13-35)45(58)54-24-8-14-38(54)42-48-30-37(50-42)33-18-16-31(17-19-33)32-20-22-36(23-21-32)49-43(56)39-15-9-25-55(39)44(57)40(34-10-4-2-5-11-34)51-46(59)53-26-28-62-29-27-53/h2-7,10-13,16-19,30,32,36,38-41H,8-9,14-15,20-29H2,1H3,(H,48,50)(H,49,56)(H,51,59)(H,52,60)/t32?,36?,38-,39-,40+,41+/m0/s1. The normalized spacial score (nSPS) is 22.4. The summed E-state index contributed by atoms with van der Waals surface area (Å²) in [5, 5.41) is 8.96. The molecule has 0 radical (unpaired) electrons. The van der Waals surface area contributed by atoms with Gasteiger partial charge in [-0.25, -0.2) is 14.6 Å². The van der Waals surface area contributed by atoms with Crippen LogP contribution in [0.5, 0.6) is 0 Å². The number of morpholine rings is 1. The molecule has 4 aromatic rings. The van der Waals surface area contributed by atoms with Crippen molar-refractivity contribution in [1.29, 1.82) is 0 Å². The lowest BCUT2D eigenvalue weighted by atomic mass is 9.81. The van der Waals surface area contributed by atoms with Crippen LogP contribution in [0.3, 0.4) is 0 Å². The Kier molecular flexibility index (Phi) is 13.5. The van der Waals surface area contributed by atoms with Gasteiger partial charge in [-0.3, -0.25) is 14.4 Å². The number of alkyl carbamates (subject to hydrolysis) is 1.